The van der Waals surface area contributed by atoms with Gasteiger partial charge in [-0.05, 0) is 68.3 Å². The molecule has 1 aromatic rings. The molecule has 1 aromatic carbocycles. The fourth-order valence-electron chi connectivity index (χ4n) is 9.59. The third kappa shape index (κ3) is 25.6. The van der Waals surface area contributed by atoms with Crippen molar-refractivity contribution < 1.29 is 73.2 Å². The summed E-state index contributed by atoms with van der Waals surface area (Å²) in [6, 6.07) is -2.60. The summed E-state index contributed by atoms with van der Waals surface area (Å²) < 4.78 is 0. The summed E-state index contributed by atoms with van der Waals surface area (Å²) in [4.78, 5) is 151. The van der Waals surface area contributed by atoms with Crippen molar-refractivity contribution in [2.45, 2.75) is 213 Å². The van der Waals surface area contributed by atoms with E-state index < -0.39 is 151 Å². The maximum Gasteiger partial charge on any atom is 0.411 e. The van der Waals surface area contributed by atoms with Crippen molar-refractivity contribution in [3.8, 4) is 0 Å². The van der Waals surface area contributed by atoms with E-state index >= 15 is 0 Å². The summed E-state index contributed by atoms with van der Waals surface area (Å²) in [6.45, 7) is 16.1. The minimum absolute atomic E-state index is 0.0461. The monoisotopic (exact) mass is 1200 g/mol. The third-order valence-corrected chi connectivity index (χ3v) is 14.8. The number of aliphatic hydroxyl groups is 3. The first-order valence-corrected chi connectivity index (χ1v) is 29.8. The minimum Gasteiger partial charge on any atom is -0.465 e. The van der Waals surface area contributed by atoms with Gasteiger partial charge in [-0.3, -0.25) is 53.3 Å². The van der Waals surface area contributed by atoms with Crippen LogP contribution in [0.4, 0.5) is 4.79 Å². The van der Waals surface area contributed by atoms with Gasteiger partial charge in [-0.25, -0.2) is 4.79 Å². The summed E-state index contributed by atoms with van der Waals surface area (Å²) in [5, 5.41) is 62.7. The number of amides is 11. The SMILES string of the molecule is CC=C(NC(=O)C(CCO)NC(=O)CC(N)CCCCC)C(=O)N1CC(O)CC1C(=O)NC(CCO)C(=O)NC(Cc1ccccc1)C(=O)NC(CC(C)C)C(=O)NC(C(=O)NC(C(=O)NC(CC(C)C)C(=O)NC(=O)O)C(C)CC)C(C)CC. The van der Waals surface area contributed by atoms with E-state index in [1.54, 1.807) is 91.0 Å². The molecular weight excluding hydrogens is 1100 g/mol. The summed E-state index contributed by atoms with van der Waals surface area (Å²) in [7, 11) is 0. The van der Waals surface area contributed by atoms with E-state index in [9.17, 15) is 73.2 Å². The number of likely N-dealkylation sites (tertiary alicyclic amines) is 1. The second-order valence-electron chi connectivity index (χ2n) is 22.9. The number of carbonyl (C=O) groups is 11. The normalized spacial score (nSPS) is 17.7. The van der Waals surface area contributed by atoms with Gasteiger partial charge < -0.3 is 73.6 Å². The molecule has 0 aliphatic carbocycles. The fourth-order valence-corrected chi connectivity index (χ4v) is 9.59. The van der Waals surface area contributed by atoms with Crippen LogP contribution < -0.4 is 53.6 Å². The zero-order valence-electron chi connectivity index (χ0n) is 51.2. The van der Waals surface area contributed by atoms with E-state index in [0.717, 1.165) is 24.2 Å². The van der Waals surface area contributed by atoms with Gasteiger partial charge in [-0.2, -0.15) is 0 Å². The summed E-state index contributed by atoms with van der Waals surface area (Å²) >= 11 is 0. The van der Waals surface area contributed by atoms with E-state index in [1.165, 1.54) is 13.0 Å². The molecule has 0 spiro atoms. The number of carbonyl (C=O) groups excluding carboxylic acids is 10. The van der Waals surface area contributed by atoms with Crippen LogP contribution in [0.3, 0.4) is 0 Å². The van der Waals surface area contributed by atoms with E-state index in [1.807, 2.05) is 6.92 Å². The molecule has 1 fully saturated rings. The third-order valence-electron chi connectivity index (χ3n) is 14.8. The molecule has 26 heteroatoms. The molecule has 0 bridgehead atoms. The Hall–Kier alpha value is -7.03. The number of nitrogens with one attached hydrogen (secondary N) is 9. The largest absolute Gasteiger partial charge is 0.465 e. The average Bonchev–Trinajstić information content (AvgIpc) is 2.95. The fraction of sp³-hybridized carbons (Fsp3) is 0.678. The number of rotatable bonds is 37. The molecule has 11 amide bonds. The molecule has 1 aliphatic heterocycles. The highest BCUT2D eigenvalue weighted by Crippen LogP contribution is 2.22. The lowest BCUT2D eigenvalue weighted by Gasteiger charge is -2.31. The molecule has 2 rings (SSSR count). The van der Waals surface area contributed by atoms with Crippen LogP contribution in [0.2, 0.25) is 0 Å². The Morgan fingerprint density at radius 2 is 1.09 bits per heavy atom. The van der Waals surface area contributed by atoms with Crippen molar-refractivity contribution >= 4 is 65.2 Å². The van der Waals surface area contributed by atoms with Gasteiger partial charge in [0.1, 0.15) is 54.0 Å². The number of carboxylic acid groups (broad SMARTS) is 1. The van der Waals surface area contributed by atoms with E-state index in [4.69, 9.17) is 5.73 Å². The highest BCUT2D eigenvalue weighted by atomic mass is 16.4. The number of allylic oxidation sites excluding steroid dienone is 1. The lowest BCUT2D eigenvalue weighted by molar-refractivity contribution is -0.138. The van der Waals surface area contributed by atoms with Gasteiger partial charge >= 0.3 is 6.09 Å². The quantitative estimate of drug-likeness (QED) is 0.0321. The number of imide groups is 1. The predicted octanol–water partition coefficient (Wildman–Crippen LogP) is 0.646. The highest BCUT2D eigenvalue weighted by molar-refractivity contribution is 6.03. The molecule has 12 unspecified atom stereocenters. The molecule has 1 saturated heterocycles. The molecule has 1 aliphatic rings. The van der Waals surface area contributed by atoms with Gasteiger partial charge in [-0.15, -0.1) is 0 Å². The van der Waals surface area contributed by atoms with Crippen molar-refractivity contribution in [1.29, 1.82) is 0 Å². The molecule has 0 saturated carbocycles. The zero-order chi connectivity index (χ0) is 64.1. The molecule has 85 heavy (non-hydrogen) atoms. The molecule has 0 aromatic heterocycles. The van der Waals surface area contributed by atoms with Crippen molar-refractivity contribution in [1.82, 2.24) is 52.8 Å². The van der Waals surface area contributed by atoms with Crippen LogP contribution in [0.1, 0.15) is 152 Å². The van der Waals surface area contributed by atoms with Crippen molar-refractivity contribution in [2.75, 3.05) is 19.8 Å². The van der Waals surface area contributed by atoms with Crippen LogP contribution in [0, 0.1) is 23.7 Å². The predicted molar refractivity (Wildman–Crippen MR) is 316 cm³/mol. The van der Waals surface area contributed by atoms with Crippen LogP contribution in [0.25, 0.3) is 0 Å². The first-order chi connectivity index (χ1) is 40.1. The van der Waals surface area contributed by atoms with Gasteiger partial charge in [0.25, 0.3) is 11.8 Å². The van der Waals surface area contributed by atoms with Crippen LogP contribution in [0.15, 0.2) is 42.1 Å². The smallest absolute Gasteiger partial charge is 0.411 e. The maximum atomic E-state index is 14.6. The van der Waals surface area contributed by atoms with Crippen LogP contribution in [-0.2, 0) is 54.4 Å². The first-order valence-electron chi connectivity index (χ1n) is 29.8. The topological polar surface area (TPSA) is 406 Å². The van der Waals surface area contributed by atoms with Gasteiger partial charge in [0.2, 0.25) is 47.3 Å². The summed E-state index contributed by atoms with van der Waals surface area (Å²) in [5.41, 5.74) is 6.39. The lowest BCUT2D eigenvalue weighted by Crippen LogP contribution is -2.62. The van der Waals surface area contributed by atoms with Crippen molar-refractivity contribution in [3.05, 3.63) is 47.7 Å². The molecule has 26 nitrogen and oxygen atoms in total. The minimum atomic E-state index is -1.60. The molecule has 0 radical (unpaired) electrons. The molecule has 478 valence electrons. The van der Waals surface area contributed by atoms with Crippen LogP contribution in [-0.4, -0.2) is 171 Å². The number of β-amino-alcohol motifs (C(OH)–C–C–N with tert-alkyl or cyclic N) is 1. The van der Waals surface area contributed by atoms with Gasteiger partial charge in [-0.1, -0.05) is 131 Å². The van der Waals surface area contributed by atoms with Crippen molar-refractivity contribution in [3.63, 3.8) is 0 Å². The molecule has 12 atom stereocenters. The first kappa shape index (κ1) is 74.1. The van der Waals surface area contributed by atoms with Gasteiger partial charge in [0, 0.05) is 45.1 Å². The molecule has 15 N–H and O–H groups in total. The number of nitrogens with two attached hydrogens (primary N) is 1. The maximum absolute atomic E-state index is 14.6. The second-order valence-corrected chi connectivity index (χ2v) is 22.9. The number of unbranched alkanes of at least 4 members (excludes halogenated alkanes) is 2. The van der Waals surface area contributed by atoms with Gasteiger partial charge in [0.15, 0.2) is 0 Å². The van der Waals surface area contributed by atoms with E-state index in [0.29, 0.717) is 24.8 Å². The number of hydrogen-bond donors (Lipinski definition) is 14. The zero-order valence-corrected chi connectivity index (χ0v) is 51.2. The van der Waals surface area contributed by atoms with Gasteiger partial charge in [0.05, 0.1) is 6.10 Å². The Kier molecular flexibility index (Phi) is 33.2. The van der Waals surface area contributed by atoms with E-state index in [-0.39, 0.29) is 69.0 Å². The highest BCUT2D eigenvalue weighted by Gasteiger charge is 2.42. The standard InChI is InChI=1S/C59H97N11O15/c1-11-15-17-22-38(60)30-47(74)61-41(23-25-71)50(75)62-40(14-4)58(83)70-32-39(73)31-46(70)55(80)63-42(24-26-72)51(76)65-45(29-37-20-18-16-19-21-37)52(77)64-43(27-33(5)6)53(78)67-49(36(10)13-3)57(82)68-48(35(9)12-2)56(81)66-44(28-34(7)8)54(79)69-59(84)85/h14,16,18-21,33-36,38-39,41-46,48-49,71-73H,11-13,15,17,22-32,60H2,1-10H3,(H,61,74)(H,62,75)(H,63,80)(H,64,77)(H,65,76)(H,66,81)(H,67,78)(H,68,82)(H,69,79)(H,84,85). The van der Waals surface area contributed by atoms with Crippen molar-refractivity contribution in [2.24, 2.45) is 29.4 Å². The Morgan fingerprint density at radius 1 is 0.612 bits per heavy atom. The molecular formula is C59H97N11O15. The number of aliphatic hydroxyl groups excluding tert-OH is 3. The number of nitrogens with zero attached hydrogens (tertiary/aromatic N) is 1. The Morgan fingerprint density at radius 3 is 1.61 bits per heavy atom. The lowest BCUT2D eigenvalue weighted by atomic mass is 9.93. The Bertz CT molecular complexity index is 2410. The summed E-state index contributed by atoms with van der Waals surface area (Å²) in [6.07, 6.45) is 1.56. The molecule has 1 heterocycles. The number of hydrogen-bond acceptors (Lipinski definition) is 15. The Balaban J connectivity index is 2.42. The second kappa shape index (κ2) is 38.1. The van der Waals surface area contributed by atoms with E-state index in [2.05, 4.69) is 42.5 Å². The van der Waals surface area contributed by atoms with Crippen LogP contribution in [0.5, 0.6) is 0 Å². The Labute approximate surface area is 499 Å². The average molecular weight is 1200 g/mol. The summed E-state index contributed by atoms with van der Waals surface area (Å²) in [5.74, 6) is -9.58. The number of benzene rings is 1. The van der Waals surface area contributed by atoms with Crippen LogP contribution >= 0.6 is 0 Å².